The number of nitrogens with zero attached hydrogens (tertiary/aromatic N) is 2. The number of nitrogens with one attached hydrogen (secondary N) is 2. The molecule has 2 heterocycles. The normalized spacial score (nSPS) is 21.3. The van der Waals surface area contributed by atoms with Crippen LogP contribution in [-0.4, -0.2) is 53.0 Å². The van der Waals surface area contributed by atoms with Crippen molar-refractivity contribution in [2.24, 2.45) is 0 Å². The second kappa shape index (κ2) is 13.2. The Balaban J connectivity index is 1.16. The van der Waals surface area contributed by atoms with Gasteiger partial charge in [-0.25, -0.2) is 4.39 Å². The summed E-state index contributed by atoms with van der Waals surface area (Å²) in [6.45, 7) is 2.09. The fourth-order valence-corrected chi connectivity index (χ4v) is 7.37. The zero-order valence-electron chi connectivity index (χ0n) is 25.7. The van der Waals surface area contributed by atoms with Crippen molar-refractivity contribution in [3.63, 3.8) is 0 Å². The van der Waals surface area contributed by atoms with Crippen LogP contribution >= 0.6 is 23.2 Å². The molecule has 2 aliphatic heterocycles. The Labute approximate surface area is 281 Å². The molecule has 248 valence electrons. The Hall–Kier alpha value is -2.95. The van der Waals surface area contributed by atoms with E-state index in [0.717, 1.165) is 78.3 Å². The lowest BCUT2D eigenvalue weighted by molar-refractivity contribution is -0.138. The summed E-state index contributed by atoms with van der Waals surface area (Å²) in [6.07, 6.45) is -0.330. The molecule has 2 aliphatic carbocycles. The van der Waals surface area contributed by atoms with Crippen LogP contribution in [0.25, 0.3) is 5.57 Å². The maximum atomic E-state index is 14.7. The number of rotatable bonds is 10. The first-order chi connectivity index (χ1) is 22.6. The highest BCUT2D eigenvalue weighted by Crippen LogP contribution is 2.39. The van der Waals surface area contributed by atoms with E-state index in [2.05, 4.69) is 10.6 Å². The Kier molecular flexibility index (Phi) is 9.13. The van der Waals surface area contributed by atoms with E-state index >= 15 is 0 Å². The van der Waals surface area contributed by atoms with Gasteiger partial charge < -0.3 is 15.5 Å². The number of piperazine rings is 1. The second-order valence-corrected chi connectivity index (χ2v) is 13.9. The van der Waals surface area contributed by atoms with Crippen molar-refractivity contribution in [1.29, 1.82) is 0 Å². The lowest BCUT2D eigenvalue weighted by atomic mass is 9.83. The number of fused-ring (bicyclic) bond motifs is 2. The van der Waals surface area contributed by atoms with Crippen LogP contribution in [0.15, 0.2) is 66.2 Å². The van der Waals surface area contributed by atoms with Crippen LogP contribution in [0.1, 0.15) is 59.9 Å². The Morgan fingerprint density at radius 3 is 2.30 bits per heavy atom. The van der Waals surface area contributed by atoms with Crippen molar-refractivity contribution in [3.05, 3.63) is 110 Å². The van der Waals surface area contributed by atoms with Gasteiger partial charge in [0.05, 0.1) is 21.7 Å². The van der Waals surface area contributed by atoms with Gasteiger partial charge >= 0.3 is 6.18 Å². The van der Waals surface area contributed by atoms with Gasteiger partial charge in [-0.2, -0.15) is 13.2 Å². The van der Waals surface area contributed by atoms with Crippen LogP contribution in [0, 0.1) is 5.82 Å². The molecule has 2 N–H and O–H groups in total. The Morgan fingerprint density at radius 2 is 1.60 bits per heavy atom. The van der Waals surface area contributed by atoms with Gasteiger partial charge in [0.2, 0.25) is 0 Å². The number of benzene rings is 3. The predicted octanol–water partition coefficient (Wildman–Crippen LogP) is 7.59. The van der Waals surface area contributed by atoms with Gasteiger partial charge in [0.1, 0.15) is 5.82 Å². The number of carbonyl (C=O) groups is 1. The molecular weight excluding hydrogens is 651 g/mol. The molecule has 2 unspecified atom stereocenters. The lowest BCUT2D eigenvalue weighted by Crippen LogP contribution is -2.60. The summed E-state index contributed by atoms with van der Waals surface area (Å²) in [7, 11) is 0. The summed E-state index contributed by atoms with van der Waals surface area (Å²) in [4.78, 5) is 18.3. The number of alkyl halides is 3. The number of hydrogen-bond donors (Lipinski definition) is 2. The van der Waals surface area contributed by atoms with E-state index in [9.17, 15) is 22.4 Å². The summed E-state index contributed by atoms with van der Waals surface area (Å²) >= 11 is 12.8. The lowest BCUT2D eigenvalue weighted by Gasteiger charge is -2.41. The number of halogens is 6. The van der Waals surface area contributed by atoms with E-state index in [0.29, 0.717) is 36.1 Å². The SMILES string of the molecule is O=C(C1=C(c2ccc(CN(Cc3c(F)cccc3C(F)(F)F)C3CC3)cc2)CC2CNCC1N2)N(Cc1cccc(Cl)c1Cl)C1CC1. The molecule has 2 saturated carbocycles. The van der Waals surface area contributed by atoms with Crippen molar-refractivity contribution in [2.45, 2.75) is 82.1 Å². The molecular formula is C36H36Cl2F4N4O. The molecule has 7 rings (SSSR count). The minimum atomic E-state index is -4.63. The fraction of sp³-hybridized carbons (Fsp3) is 0.417. The van der Waals surface area contributed by atoms with Crippen LogP contribution in [0.5, 0.6) is 0 Å². The van der Waals surface area contributed by atoms with Crippen LogP contribution in [0.4, 0.5) is 17.6 Å². The summed E-state index contributed by atoms with van der Waals surface area (Å²) in [5.41, 5.74) is 3.22. The highest BCUT2D eigenvalue weighted by molar-refractivity contribution is 6.42. The molecule has 47 heavy (non-hydrogen) atoms. The van der Waals surface area contributed by atoms with Crippen molar-refractivity contribution in [1.82, 2.24) is 20.4 Å². The molecule has 0 spiro atoms. The molecule has 1 amide bonds. The van der Waals surface area contributed by atoms with Crippen molar-refractivity contribution in [2.75, 3.05) is 13.1 Å². The minimum absolute atomic E-state index is 0.00691. The first-order valence-electron chi connectivity index (χ1n) is 16.2. The average Bonchev–Trinajstić information content (AvgIpc) is 3.96. The molecule has 3 fully saturated rings. The molecule has 11 heteroatoms. The van der Waals surface area contributed by atoms with Gasteiger partial charge in [0.25, 0.3) is 5.91 Å². The van der Waals surface area contributed by atoms with Crippen LogP contribution in [-0.2, 0) is 30.6 Å². The van der Waals surface area contributed by atoms with Gasteiger partial charge in [0.15, 0.2) is 0 Å². The molecule has 2 bridgehead atoms. The third-order valence-corrected chi connectivity index (χ3v) is 10.5. The van der Waals surface area contributed by atoms with Crippen LogP contribution < -0.4 is 10.6 Å². The number of hydrogen-bond acceptors (Lipinski definition) is 4. The van der Waals surface area contributed by atoms with Crippen molar-refractivity contribution in [3.8, 4) is 0 Å². The smallest absolute Gasteiger partial charge is 0.331 e. The van der Waals surface area contributed by atoms with Gasteiger partial charge in [-0.15, -0.1) is 0 Å². The van der Waals surface area contributed by atoms with E-state index in [-0.39, 0.29) is 42.2 Å². The maximum absolute atomic E-state index is 14.7. The topological polar surface area (TPSA) is 47.6 Å². The molecule has 5 nitrogen and oxygen atoms in total. The van der Waals surface area contributed by atoms with Gasteiger partial charge in [0, 0.05) is 62.0 Å². The summed E-state index contributed by atoms with van der Waals surface area (Å²) < 4.78 is 55.9. The first kappa shape index (κ1) is 32.6. The van der Waals surface area contributed by atoms with E-state index in [1.165, 1.54) is 0 Å². The van der Waals surface area contributed by atoms with Gasteiger partial charge in [-0.3, -0.25) is 9.69 Å². The molecule has 3 aromatic rings. The molecule has 3 aromatic carbocycles. The third-order valence-electron chi connectivity index (χ3n) is 9.69. The fourth-order valence-electron chi connectivity index (χ4n) is 6.99. The van der Waals surface area contributed by atoms with Crippen molar-refractivity contribution >= 4 is 34.7 Å². The molecule has 0 radical (unpaired) electrons. The monoisotopic (exact) mass is 686 g/mol. The van der Waals surface area contributed by atoms with E-state index in [1.54, 1.807) is 6.07 Å². The summed E-state index contributed by atoms with van der Waals surface area (Å²) in [5, 5.41) is 8.04. The molecule has 0 aromatic heterocycles. The standard InChI is InChI=1S/C36H36Cl2F4N4O/c37-30-5-1-3-23(34(30)38)19-46(26-13-14-26)35(47)33-27(15-24-16-43-17-32(33)44-24)22-9-7-21(8-10-22)18-45(25-11-12-25)20-28-29(36(40,41)42)4-2-6-31(28)39/h1-10,24-26,32,43-44H,11-20H2. The minimum Gasteiger partial charge on any atom is -0.331 e. The first-order valence-corrected chi connectivity index (χ1v) is 16.9. The average molecular weight is 688 g/mol. The zero-order chi connectivity index (χ0) is 32.9. The molecule has 1 saturated heterocycles. The number of carbonyl (C=O) groups excluding carboxylic acids is 1. The van der Waals surface area contributed by atoms with E-state index < -0.39 is 17.6 Å². The van der Waals surface area contributed by atoms with Crippen LogP contribution in [0.2, 0.25) is 10.0 Å². The molecule has 2 atom stereocenters. The number of amides is 1. The second-order valence-electron chi connectivity index (χ2n) is 13.1. The highest BCUT2D eigenvalue weighted by atomic mass is 35.5. The summed E-state index contributed by atoms with van der Waals surface area (Å²) in [5.74, 6) is -0.846. The highest BCUT2D eigenvalue weighted by Gasteiger charge is 2.41. The van der Waals surface area contributed by atoms with Crippen LogP contribution in [0.3, 0.4) is 0 Å². The quantitative estimate of drug-likeness (QED) is 0.216. The Bertz CT molecular complexity index is 1690. The predicted molar refractivity (Wildman–Crippen MR) is 175 cm³/mol. The zero-order valence-corrected chi connectivity index (χ0v) is 27.2. The third kappa shape index (κ3) is 7.10. The molecule has 4 aliphatic rings. The van der Waals surface area contributed by atoms with Gasteiger partial charge in [-0.1, -0.05) is 65.7 Å². The summed E-state index contributed by atoms with van der Waals surface area (Å²) in [6, 6.07) is 16.9. The van der Waals surface area contributed by atoms with Gasteiger partial charge in [-0.05, 0) is 72.6 Å². The van der Waals surface area contributed by atoms with E-state index in [4.69, 9.17) is 23.2 Å². The maximum Gasteiger partial charge on any atom is 0.416 e. The van der Waals surface area contributed by atoms with Crippen molar-refractivity contribution < 1.29 is 22.4 Å². The van der Waals surface area contributed by atoms with E-state index in [1.807, 2.05) is 46.2 Å². The Morgan fingerprint density at radius 1 is 0.872 bits per heavy atom. The largest absolute Gasteiger partial charge is 0.416 e.